The number of nitrogens with zero attached hydrogens (tertiary/aromatic N) is 3. The molecule has 1 aromatic carbocycles. The van der Waals surface area contributed by atoms with Crippen LogP contribution in [0.15, 0.2) is 18.2 Å². The van der Waals surface area contributed by atoms with Crippen LogP contribution in [-0.2, 0) is 4.74 Å². The Balaban J connectivity index is 2.84. The van der Waals surface area contributed by atoms with Crippen LogP contribution in [0.1, 0.15) is 24.2 Å². The number of carbonyl (C=O) groups is 1. The van der Waals surface area contributed by atoms with E-state index in [1.807, 2.05) is 18.7 Å². The summed E-state index contributed by atoms with van der Waals surface area (Å²) >= 11 is 0. The van der Waals surface area contributed by atoms with E-state index in [0.717, 1.165) is 31.3 Å². The van der Waals surface area contributed by atoms with Crippen molar-refractivity contribution in [1.29, 1.82) is 0 Å². The van der Waals surface area contributed by atoms with Gasteiger partial charge >= 0.3 is 5.97 Å². The molecule has 120 valence electrons. The van der Waals surface area contributed by atoms with E-state index in [-0.39, 0.29) is 12.2 Å². The highest BCUT2D eigenvalue weighted by Gasteiger charge is 2.20. The molecule has 0 aromatic heterocycles. The van der Waals surface area contributed by atoms with Crippen LogP contribution in [0.3, 0.4) is 0 Å². The van der Waals surface area contributed by atoms with Gasteiger partial charge < -0.3 is 9.64 Å². The van der Waals surface area contributed by atoms with Crippen molar-refractivity contribution in [3.05, 3.63) is 44.0 Å². The first-order valence-corrected chi connectivity index (χ1v) is 6.72. The van der Waals surface area contributed by atoms with Crippen LogP contribution >= 0.6 is 0 Å². The molecule has 22 heavy (non-hydrogen) atoms. The van der Waals surface area contributed by atoms with Gasteiger partial charge in [0.05, 0.1) is 21.5 Å². The SMILES string of the molecule is CCN(CC)CCOC(=O)c1cc([N+](=O)[O-])cc([N+](=O)[O-])c1. The third kappa shape index (κ3) is 4.77. The van der Waals surface area contributed by atoms with Gasteiger partial charge in [-0.05, 0) is 13.1 Å². The van der Waals surface area contributed by atoms with Crippen molar-refractivity contribution < 1.29 is 19.4 Å². The summed E-state index contributed by atoms with van der Waals surface area (Å²) in [6.45, 7) is 6.17. The molecule has 0 saturated carbocycles. The van der Waals surface area contributed by atoms with E-state index in [2.05, 4.69) is 0 Å². The van der Waals surface area contributed by atoms with E-state index in [9.17, 15) is 25.0 Å². The highest BCUT2D eigenvalue weighted by Crippen LogP contribution is 2.23. The Morgan fingerprint density at radius 3 is 2.00 bits per heavy atom. The van der Waals surface area contributed by atoms with Crippen LogP contribution in [-0.4, -0.2) is 47.0 Å². The van der Waals surface area contributed by atoms with Gasteiger partial charge in [-0.15, -0.1) is 0 Å². The molecule has 0 bridgehead atoms. The van der Waals surface area contributed by atoms with Crippen molar-refractivity contribution in [2.75, 3.05) is 26.2 Å². The van der Waals surface area contributed by atoms with Gasteiger partial charge in [0.2, 0.25) is 0 Å². The maximum Gasteiger partial charge on any atom is 0.338 e. The summed E-state index contributed by atoms with van der Waals surface area (Å²) in [5.41, 5.74) is -1.25. The van der Waals surface area contributed by atoms with E-state index in [4.69, 9.17) is 4.74 Å². The topological polar surface area (TPSA) is 116 Å². The molecule has 1 aromatic rings. The third-order valence-corrected chi connectivity index (χ3v) is 3.09. The molecular formula is C13H17N3O6. The number of hydrogen-bond donors (Lipinski definition) is 0. The Kier molecular flexibility index (Phi) is 6.39. The minimum atomic E-state index is -0.820. The largest absolute Gasteiger partial charge is 0.461 e. The van der Waals surface area contributed by atoms with Gasteiger partial charge in [0.15, 0.2) is 0 Å². The average molecular weight is 311 g/mol. The van der Waals surface area contributed by atoms with Crippen molar-refractivity contribution in [3.8, 4) is 0 Å². The van der Waals surface area contributed by atoms with Gasteiger partial charge in [-0.25, -0.2) is 4.79 Å². The number of likely N-dealkylation sites (N-methyl/N-ethyl adjacent to an activating group) is 1. The van der Waals surface area contributed by atoms with Crippen LogP contribution in [0.5, 0.6) is 0 Å². The number of non-ortho nitro benzene ring substituents is 2. The van der Waals surface area contributed by atoms with Crippen molar-refractivity contribution in [3.63, 3.8) is 0 Å². The first kappa shape index (κ1) is 17.5. The number of hydrogen-bond acceptors (Lipinski definition) is 7. The molecule has 0 fully saturated rings. The third-order valence-electron chi connectivity index (χ3n) is 3.09. The summed E-state index contributed by atoms with van der Waals surface area (Å²) in [6.07, 6.45) is 0. The minimum Gasteiger partial charge on any atom is -0.461 e. The number of nitro benzene ring substituents is 2. The summed E-state index contributed by atoms with van der Waals surface area (Å²) in [7, 11) is 0. The fourth-order valence-electron chi connectivity index (χ4n) is 1.81. The second-order valence-electron chi connectivity index (χ2n) is 4.42. The standard InChI is InChI=1S/C13H17N3O6/c1-3-14(4-2)5-6-22-13(17)10-7-11(15(18)19)9-12(8-10)16(20)21/h7-9H,3-6H2,1-2H3. The van der Waals surface area contributed by atoms with Gasteiger partial charge in [0.25, 0.3) is 11.4 Å². The van der Waals surface area contributed by atoms with Crippen molar-refractivity contribution in [1.82, 2.24) is 4.90 Å². The molecule has 0 aliphatic carbocycles. The van der Waals surface area contributed by atoms with E-state index >= 15 is 0 Å². The number of nitro groups is 2. The van der Waals surface area contributed by atoms with Gasteiger partial charge in [-0.3, -0.25) is 20.2 Å². The highest BCUT2D eigenvalue weighted by atomic mass is 16.6. The molecule has 0 radical (unpaired) electrons. The van der Waals surface area contributed by atoms with E-state index in [1.165, 1.54) is 0 Å². The quantitative estimate of drug-likeness (QED) is 0.409. The fraction of sp³-hybridized carbons (Fsp3) is 0.462. The lowest BCUT2D eigenvalue weighted by Crippen LogP contribution is -2.27. The number of benzene rings is 1. The number of ether oxygens (including phenoxy) is 1. The first-order valence-electron chi connectivity index (χ1n) is 6.72. The highest BCUT2D eigenvalue weighted by molar-refractivity contribution is 5.91. The van der Waals surface area contributed by atoms with E-state index in [0.29, 0.717) is 6.54 Å². The molecule has 0 heterocycles. The Morgan fingerprint density at radius 1 is 1.09 bits per heavy atom. The molecule has 0 unspecified atom stereocenters. The average Bonchev–Trinajstić information content (AvgIpc) is 2.50. The van der Waals surface area contributed by atoms with E-state index in [1.54, 1.807) is 0 Å². The summed E-state index contributed by atoms with van der Waals surface area (Å²) in [6, 6.07) is 2.73. The summed E-state index contributed by atoms with van der Waals surface area (Å²) in [5.74, 6) is -0.820. The fourth-order valence-corrected chi connectivity index (χ4v) is 1.81. The zero-order valence-electron chi connectivity index (χ0n) is 12.4. The summed E-state index contributed by atoms with van der Waals surface area (Å²) in [4.78, 5) is 33.8. The minimum absolute atomic E-state index is 0.108. The Hall–Kier alpha value is -2.55. The van der Waals surface area contributed by atoms with Crippen LogP contribution < -0.4 is 0 Å². The molecule has 0 spiro atoms. The monoisotopic (exact) mass is 311 g/mol. The van der Waals surface area contributed by atoms with Crippen molar-refractivity contribution >= 4 is 17.3 Å². The van der Waals surface area contributed by atoms with Crippen molar-refractivity contribution in [2.45, 2.75) is 13.8 Å². The van der Waals surface area contributed by atoms with Gasteiger partial charge in [0, 0.05) is 18.7 Å². The van der Waals surface area contributed by atoms with Crippen LogP contribution in [0.4, 0.5) is 11.4 Å². The summed E-state index contributed by atoms with van der Waals surface area (Å²) in [5, 5.41) is 21.5. The van der Waals surface area contributed by atoms with Gasteiger partial charge in [0.1, 0.15) is 6.61 Å². The van der Waals surface area contributed by atoms with Crippen LogP contribution in [0.2, 0.25) is 0 Å². The lowest BCUT2D eigenvalue weighted by Gasteiger charge is -2.17. The molecule has 9 heteroatoms. The lowest BCUT2D eigenvalue weighted by molar-refractivity contribution is -0.394. The molecule has 0 aliphatic heterocycles. The molecule has 9 nitrogen and oxygen atoms in total. The smallest absolute Gasteiger partial charge is 0.338 e. The normalized spacial score (nSPS) is 10.5. The summed E-state index contributed by atoms with van der Waals surface area (Å²) < 4.78 is 5.01. The van der Waals surface area contributed by atoms with Crippen molar-refractivity contribution in [2.24, 2.45) is 0 Å². The Morgan fingerprint density at radius 2 is 1.59 bits per heavy atom. The molecular weight excluding hydrogens is 294 g/mol. The number of rotatable bonds is 8. The molecule has 0 amide bonds. The molecule has 0 N–H and O–H groups in total. The maximum atomic E-state index is 11.9. The van der Waals surface area contributed by atoms with Gasteiger partial charge in [-0.1, -0.05) is 13.8 Å². The zero-order valence-corrected chi connectivity index (χ0v) is 12.4. The Bertz CT molecular complexity index is 539. The number of carbonyl (C=O) groups excluding carboxylic acids is 1. The predicted octanol–water partition coefficient (Wildman–Crippen LogP) is 2.00. The molecule has 1 rings (SSSR count). The van der Waals surface area contributed by atoms with Crippen LogP contribution in [0, 0.1) is 20.2 Å². The number of esters is 1. The predicted molar refractivity (Wildman–Crippen MR) is 77.8 cm³/mol. The maximum absolute atomic E-state index is 11.9. The Labute approximate surface area is 126 Å². The zero-order chi connectivity index (χ0) is 16.7. The van der Waals surface area contributed by atoms with E-state index < -0.39 is 27.2 Å². The first-order chi connectivity index (χ1) is 10.4. The second kappa shape index (κ2) is 8.03. The molecule has 0 atom stereocenters. The molecule has 0 saturated heterocycles. The van der Waals surface area contributed by atoms with Gasteiger partial charge in [-0.2, -0.15) is 0 Å². The second-order valence-corrected chi connectivity index (χ2v) is 4.42. The lowest BCUT2D eigenvalue weighted by atomic mass is 10.2. The van der Waals surface area contributed by atoms with Crippen LogP contribution in [0.25, 0.3) is 0 Å². The molecule has 0 aliphatic rings.